The fourth-order valence-electron chi connectivity index (χ4n) is 0.992. The molecule has 0 aliphatic heterocycles. The Morgan fingerprint density at radius 2 is 2.13 bits per heavy atom. The average molecular weight is 210 g/mol. The molecule has 0 bridgehead atoms. The van der Waals surface area contributed by atoms with Gasteiger partial charge in [0.25, 0.3) is 0 Å². The minimum absolute atomic E-state index is 0.0338. The highest BCUT2D eigenvalue weighted by molar-refractivity contribution is 5.73. The third-order valence-corrected chi connectivity index (χ3v) is 1.67. The van der Waals surface area contributed by atoms with Crippen LogP contribution in [0, 0.1) is 10.1 Å². The molecule has 0 radical (unpaired) electrons. The van der Waals surface area contributed by atoms with Crippen LogP contribution in [0.4, 0.5) is 5.69 Å². The molecule has 0 atom stereocenters. The molecule has 0 aliphatic rings. The van der Waals surface area contributed by atoms with Crippen molar-refractivity contribution >= 4 is 11.6 Å². The molecule has 1 amide bonds. The number of nitrogens with two attached hydrogens (primary N) is 1. The summed E-state index contributed by atoms with van der Waals surface area (Å²) in [6.45, 7) is 0.0419. The molecule has 1 aromatic carbocycles. The van der Waals surface area contributed by atoms with Crippen LogP contribution < -0.4 is 10.5 Å². The molecule has 1 aromatic rings. The molecule has 1 rings (SSSR count). The van der Waals surface area contributed by atoms with E-state index in [2.05, 4.69) is 0 Å². The van der Waals surface area contributed by atoms with Gasteiger partial charge >= 0.3 is 5.69 Å². The minimum atomic E-state index is -0.542. The van der Waals surface area contributed by atoms with Crippen LogP contribution in [0.3, 0.4) is 0 Å². The SMILES string of the molecule is NC(=O)CCOc1ccccc1[N+](=O)[O-]. The normalized spacial score (nSPS) is 9.60. The first-order valence-corrected chi connectivity index (χ1v) is 4.26. The highest BCUT2D eigenvalue weighted by atomic mass is 16.6. The standard InChI is InChI=1S/C9H10N2O4/c10-9(12)5-6-15-8-4-2-1-3-7(8)11(13)14/h1-4H,5-6H2,(H2,10,12). The van der Waals surface area contributed by atoms with Crippen LogP contribution in [0.5, 0.6) is 5.75 Å². The maximum absolute atomic E-state index is 10.6. The van der Waals surface area contributed by atoms with Gasteiger partial charge in [-0.3, -0.25) is 14.9 Å². The topological polar surface area (TPSA) is 95.5 Å². The zero-order valence-corrected chi connectivity index (χ0v) is 7.88. The van der Waals surface area contributed by atoms with Crippen LogP contribution in [0.25, 0.3) is 0 Å². The maximum Gasteiger partial charge on any atom is 0.310 e. The quantitative estimate of drug-likeness (QED) is 0.575. The number of benzene rings is 1. The summed E-state index contributed by atoms with van der Waals surface area (Å²) >= 11 is 0. The molecule has 2 N–H and O–H groups in total. The Kier molecular flexibility index (Phi) is 3.61. The number of nitro benzene ring substituents is 1. The summed E-state index contributed by atoms with van der Waals surface area (Å²) in [6.07, 6.45) is 0.0338. The summed E-state index contributed by atoms with van der Waals surface area (Å²) in [5.41, 5.74) is 4.78. The van der Waals surface area contributed by atoms with E-state index in [1.54, 1.807) is 12.1 Å². The van der Waals surface area contributed by atoms with Crippen molar-refractivity contribution in [3.8, 4) is 5.75 Å². The fourth-order valence-corrected chi connectivity index (χ4v) is 0.992. The van der Waals surface area contributed by atoms with Gasteiger partial charge < -0.3 is 10.5 Å². The van der Waals surface area contributed by atoms with Crippen LogP contribution in [0.2, 0.25) is 0 Å². The Morgan fingerprint density at radius 3 is 2.73 bits per heavy atom. The first-order valence-electron chi connectivity index (χ1n) is 4.26. The molecule has 0 fully saturated rings. The van der Waals surface area contributed by atoms with Crippen molar-refractivity contribution < 1.29 is 14.5 Å². The zero-order valence-electron chi connectivity index (χ0n) is 7.88. The van der Waals surface area contributed by atoms with Gasteiger partial charge in [-0.25, -0.2) is 0 Å². The third-order valence-electron chi connectivity index (χ3n) is 1.67. The van der Waals surface area contributed by atoms with Gasteiger partial charge in [-0.05, 0) is 6.07 Å². The monoisotopic (exact) mass is 210 g/mol. The number of carbonyl (C=O) groups is 1. The third kappa shape index (κ3) is 3.26. The van der Waals surface area contributed by atoms with E-state index in [-0.39, 0.29) is 24.5 Å². The molecular formula is C9H10N2O4. The molecule has 0 aromatic heterocycles. The lowest BCUT2D eigenvalue weighted by Crippen LogP contribution is -2.14. The number of hydrogen-bond donors (Lipinski definition) is 1. The zero-order chi connectivity index (χ0) is 11.3. The summed E-state index contributed by atoms with van der Waals surface area (Å²) in [6, 6.07) is 5.96. The van der Waals surface area contributed by atoms with Crippen LogP contribution >= 0.6 is 0 Å². The molecule has 80 valence electrons. The molecule has 0 heterocycles. The van der Waals surface area contributed by atoms with Crippen molar-refractivity contribution in [2.24, 2.45) is 5.73 Å². The molecule has 15 heavy (non-hydrogen) atoms. The van der Waals surface area contributed by atoms with E-state index < -0.39 is 10.8 Å². The van der Waals surface area contributed by atoms with Crippen LogP contribution in [0.15, 0.2) is 24.3 Å². The van der Waals surface area contributed by atoms with Crippen molar-refractivity contribution in [3.05, 3.63) is 34.4 Å². The molecular weight excluding hydrogens is 200 g/mol. The van der Waals surface area contributed by atoms with E-state index in [4.69, 9.17) is 10.5 Å². The predicted octanol–water partition coefficient (Wildman–Crippen LogP) is 0.849. The van der Waals surface area contributed by atoms with Crippen LogP contribution in [0.1, 0.15) is 6.42 Å². The van der Waals surface area contributed by atoms with Crippen molar-refractivity contribution in [3.63, 3.8) is 0 Å². The second kappa shape index (κ2) is 4.94. The highest BCUT2D eigenvalue weighted by Crippen LogP contribution is 2.25. The molecule has 0 spiro atoms. The first kappa shape index (κ1) is 11.0. The summed E-state index contributed by atoms with van der Waals surface area (Å²) in [5.74, 6) is -0.364. The number of para-hydroxylation sites is 2. The number of ether oxygens (including phenoxy) is 1. The molecule has 6 heteroatoms. The van der Waals surface area contributed by atoms with Gasteiger partial charge in [0.05, 0.1) is 18.0 Å². The lowest BCUT2D eigenvalue weighted by Gasteiger charge is -2.04. The number of amides is 1. The maximum atomic E-state index is 10.6. The van der Waals surface area contributed by atoms with E-state index in [1.807, 2.05) is 0 Å². The fraction of sp³-hybridized carbons (Fsp3) is 0.222. The van der Waals surface area contributed by atoms with E-state index in [0.717, 1.165) is 0 Å². The Hall–Kier alpha value is -2.11. The van der Waals surface area contributed by atoms with E-state index >= 15 is 0 Å². The highest BCUT2D eigenvalue weighted by Gasteiger charge is 2.13. The summed E-state index contributed by atoms with van der Waals surface area (Å²) in [5, 5.41) is 10.6. The van der Waals surface area contributed by atoms with Gasteiger partial charge in [-0.2, -0.15) is 0 Å². The van der Waals surface area contributed by atoms with E-state index in [1.165, 1.54) is 12.1 Å². The second-order valence-corrected chi connectivity index (χ2v) is 2.79. The van der Waals surface area contributed by atoms with Gasteiger partial charge in [0, 0.05) is 6.07 Å². The van der Waals surface area contributed by atoms with Gasteiger partial charge in [0.2, 0.25) is 5.91 Å². The molecule has 0 saturated carbocycles. The van der Waals surface area contributed by atoms with Crippen LogP contribution in [-0.4, -0.2) is 17.4 Å². The molecule has 6 nitrogen and oxygen atoms in total. The summed E-state index contributed by atoms with van der Waals surface area (Å²) < 4.78 is 5.07. The van der Waals surface area contributed by atoms with Gasteiger partial charge in [0.15, 0.2) is 5.75 Å². The number of nitrogens with zero attached hydrogens (tertiary/aromatic N) is 1. The van der Waals surface area contributed by atoms with E-state index in [0.29, 0.717) is 0 Å². The molecule has 0 unspecified atom stereocenters. The number of hydrogen-bond acceptors (Lipinski definition) is 4. The van der Waals surface area contributed by atoms with Crippen molar-refractivity contribution in [2.45, 2.75) is 6.42 Å². The largest absolute Gasteiger partial charge is 0.486 e. The summed E-state index contributed by atoms with van der Waals surface area (Å²) in [7, 11) is 0. The van der Waals surface area contributed by atoms with Crippen LogP contribution in [-0.2, 0) is 4.79 Å². The number of carbonyl (C=O) groups excluding carboxylic acids is 1. The Labute approximate surface area is 85.8 Å². The van der Waals surface area contributed by atoms with Gasteiger partial charge in [-0.15, -0.1) is 0 Å². The lowest BCUT2D eigenvalue weighted by molar-refractivity contribution is -0.385. The first-order chi connectivity index (χ1) is 7.11. The van der Waals surface area contributed by atoms with Gasteiger partial charge in [0.1, 0.15) is 0 Å². The lowest BCUT2D eigenvalue weighted by atomic mass is 10.3. The van der Waals surface area contributed by atoms with Crippen molar-refractivity contribution in [1.82, 2.24) is 0 Å². The number of primary amides is 1. The second-order valence-electron chi connectivity index (χ2n) is 2.79. The van der Waals surface area contributed by atoms with E-state index in [9.17, 15) is 14.9 Å². The number of rotatable bonds is 5. The van der Waals surface area contributed by atoms with Crippen molar-refractivity contribution in [1.29, 1.82) is 0 Å². The molecule has 0 aliphatic carbocycles. The minimum Gasteiger partial charge on any atom is -0.486 e. The number of nitro groups is 1. The average Bonchev–Trinajstić information content (AvgIpc) is 2.17. The summed E-state index contributed by atoms with van der Waals surface area (Å²) in [4.78, 5) is 20.4. The molecule has 0 saturated heterocycles. The Balaban J connectivity index is 2.67. The smallest absolute Gasteiger partial charge is 0.310 e. The Bertz CT molecular complexity index is 378. The Morgan fingerprint density at radius 1 is 1.47 bits per heavy atom. The predicted molar refractivity (Wildman–Crippen MR) is 52.4 cm³/mol. The van der Waals surface area contributed by atoms with Crippen molar-refractivity contribution in [2.75, 3.05) is 6.61 Å². The van der Waals surface area contributed by atoms with Gasteiger partial charge in [-0.1, -0.05) is 12.1 Å².